The summed E-state index contributed by atoms with van der Waals surface area (Å²) in [7, 11) is 1.76. The molecule has 0 aliphatic carbocycles. The molecule has 0 radical (unpaired) electrons. The monoisotopic (exact) mass is 471 g/mol. The van der Waals surface area contributed by atoms with Gasteiger partial charge in [0.2, 0.25) is 0 Å². The van der Waals surface area contributed by atoms with Gasteiger partial charge in [-0.15, -0.1) is 24.0 Å². The van der Waals surface area contributed by atoms with Gasteiger partial charge in [-0.25, -0.2) is 4.39 Å². The van der Waals surface area contributed by atoms with Gasteiger partial charge in [0.15, 0.2) is 5.96 Å². The summed E-state index contributed by atoms with van der Waals surface area (Å²) in [5.74, 6) is 1.19. The molecule has 2 aliphatic rings. The molecule has 3 rings (SSSR count). The summed E-state index contributed by atoms with van der Waals surface area (Å²) in [6, 6.07) is 6.49. The Kier molecular flexibility index (Phi) is 8.10. The van der Waals surface area contributed by atoms with E-state index in [-0.39, 0.29) is 29.8 Å². The second-order valence-electron chi connectivity index (χ2n) is 6.93. The van der Waals surface area contributed by atoms with E-state index in [1.807, 2.05) is 0 Å². The van der Waals surface area contributed by atoms with Crippen LogP contribution in [0, 0.1) is 23.1 Å². The number of aliphatic imine (C=N–C) groups is 1. The molecule has 1 atom stereocenters. The number of guanidine groups is 1. The van der Waals surface area contributed by atoms with Crippen LogP contribution in [0.3, 0.4) is 0 Å². The van der Waals surface area contributed by atoms with Crippen molar-refractivity contribution in [1.82, 2.24) is 15.1 Å². The minimum absolute atomic E-state index is 0. The SMILES string of the molecule is CN=C(NCc1cc(C#N)ccc1F)N1CCC(CN2CCCC2)C1.I. The predicted octanol–water partition coefficient (Wildman–Crippen LogP) is 2.81. The number of likely N-dealkylation sites (tertiary alicyclic amines) is 2. The van der Waals surface area contributed by atoms with Crippen molar-refractivity contribution in [1.29, 1.82) is 5.26 Å². The van der Waals surface area contributed by atoms with Crippen molar-refractivity contribution in [3.05, 3.63) is 35.1 Å². The summed E-state index contributed by atoms with van der Waals surface area (Å²) < 4.78 is 13.9. The minimum atomic E-state index is -0.296. The van der Waals surface area contributed by atoms with Crippen LogP contribution in [0.4, 0.5) is 4.39 Å². The third-order valence-electron chi connectivity index (χ3n) is 5.12. The van der Waals surface area contributed by atoms with Gasteiger partial charge < -0.3 is 15.1 Å². The number of nitrogens with one attached hydrogen (secondary N) is 1. The Labute approximate surface area is 172 Å². The molecule has 0 aromatic heterocycles. The van der Waals surface area contributed by atoms with E-state index in [9.17, 15) is 4.39 Å². The lowest BCUT2D eigenvalue weighted by Crippen LogP contribution is -2.40. The zero-order chi connectivity index (χ0) is 17.6. The summed E-state index contributed by atoms with van der Waals surface area (Å²) in [4.78, 5) is 9.17. The second kappa shape index (κ2) is 10.1. The Balaban J connectivity index is 0.00000243. The highest BCUT2D eigenvalue weighted by molar-refractivity contribution is 14.0. The maximum Gasteiger partial charge on any atom is 0.193 e. The molecule has 0 spiro atoms. The average molecular weight is 471 g/mol. The zero-order valence-corrected chi connectivity index (χ0v) is 17.6. The van der Waals surface area contributed by atoms with Crippen molar-refractivity contribution in [2.45, 2.75) is 25.8 Å². The van der Waals surface area contributed by atoms with E-state index in [2.05, 4.69) is 26.2 Å². The van der Waals surface area contributed by atoms with Gasteiger partial charge in [0, 0.05) is 38.8 Å². The molecule has 2 saturated heterocycles. The first-order chi connectivity index (χ1) is 12.2. The van der Waals surface area contributed by atoms with E-state index in [1.165, 1.54) is 51.0 Å². The van der Waals surface area contributed by atoms with Crippen molar-refractivity contribution < 1.29 is 4.39 Å². The number of nitriles is 1. The fraction of sp³-hybridized carbons (Fsp3) is 0.579. The average Bonchev–Trinajstić information content (AvgIpc) is 3.30. The van der Waals surface area contributed by atoms with Crippen LogP contribution in [-0.2, 0) is 6.54 Å². The largest absolute Gasteiger partial charge is 0.352 e. The third kappa shape index (κ3) is 5.30. The topological polar surface area (TPSA) is 54.7 Å². The van der Waals surface area contributed by atoms with E-state index in [0.29, 0.717) is 23.6 Å². The molecule has 7 heteroatoms. The summed E-state index contributed by atoms with van der Waals surface area (Å²) in [6.07, 6.45) is 3.83. The van der Waals surface area contributed by atoms with E-state index < -0.39 is 0 Å². The Morgan fingerprint density at radius 1 is 1.35 bits per heavy atom. The van der Waals surface area contributed by atoms with Crippen molar-refractivity contribution in [3.63, 3.8) is 0 Å². The van der Waals surface area contributed by atoms with Gasteiger partial charge in [0.1, 0.15) is 5.82 Å². The fourth-order valence-corrected chi connectivity index (χ4v) is 3.79. The fourth-order valence-electron chi connectivity index (χ4n) is 3.79. The highest BCUT2D eigenvalue weighted by atomic mass is 127. The third-order valence-corrected chi connectivity index (χ3v) is 5.12. The molecule has 2 heterocycles. The van der Waals surface area contributed by atoms with E-state index in [0.717, 1.165) is 19.0 Å². The maximum atomic E-state index is 13.9. The molecular formula is C19H27FIN5. The van der Waals surface area contributed by atoms with Crippen LogP contribution in [0.2, 0.25) is 0 Å². The number of benzene rings is 1. The summed E-state index contributed by atoms with van der Waals surface area (Å²) >= 11 is 0. The van der Waals surface area contributed by atoms with Crippen LogP contribution < -0.4 is 5.32 Å². The molecule has 0 saturated carbocycles. The van der Waals surface area contributed by atoms with Crippen LogP contribution >= 0.6 is 24.0 Å². The number of hydrogen-bond donors (Lipinski definition) is 1. The van der Waals surface area contributed by atoms with Gasteiger partial charge in [-0.3, -0.25) is 4.99 Å². The van der Waals surface area contributed by atoms with Crippen LogP contribution in [0.5, 0.6) is 0 Å². The number of nitrogens with zero attached hydrogens (tertiary/aromatic N) is 4. The molecule has 1 aromatic rings. The van der Waals surface area contributed by atoms with Crippen molar-refractivity contribution in [3.8, 4) is 6.07 Å². The Morgan fingerprint density at radius 2 is 2.12 bits per heavy atom. The minimum Gasteiger partial charge on any atom is -0.352 e. The molecular weight excluding hydrogens is 444 g/mol. The molecule has 0 bridgehead atoms. The molecule has 2 fully saturated rings. The molecule has 1 aromatic carbocycles. The Bertz CT molecular complexity index is 666. The maximum absolute atomic E-state index is 13.9. The van der Waals surface area contributed by atoms with Crippen LogP contribution in [0.15, 0.2) is 23.2 Å². The molecule has 2 aliphatic heterocycles. The quantitative estimate of drug-likeness (QED) is 0.417. The zero-order valence-electron chi connectivity index (χ0n) is 15.2. The summed E-state index contributed by atoms with van der Waals surface area (Å²) in [5, 5.41) is 12.2. The highest BCUT2D eigenvalue weighted by Crippen LogP contribution is 2.20. The summed E-state index contributed by atoms with van der Waals surface area (Å²) in [6.45, 7) is 5.96. The van der Waals surface area contributed by atoms with Gasteiger partial charge in [-0.05, 0) is 56.5 Å². The van der Waals surface area contributed by atoms with Crippen molar-refractivity contribution in [2.24, 2.45) is 10.9 Å². The number of rotatable bonds is 4. The molecule has 1 unspecified atom stereocenters. The van der Waals surface area contributed by atoms with Gasteiger partial charge >= 0.3 is 0 Å². The smallest absolute Gasteiger partial charge is 0.193 e. The first-order valence-corrected chi connectivity index (χ1v) is 9.06. The second-order valence-corrected chi connectivity index (χ2v) is 6.93. The first kappa shape index (κ1) is 20.9. The molecule has 26 heavy (non-hydrogen) atoms. The van der Waals surface area contributed by atoms with E-state index in [4.69, 9.17) is 5.26 Å². The van der Waals surface area contributed by atoms with E-state index in [1.54, 1.807) is 13.1 Å². The van der Waals surface area contributed by atoms with Gasteiger partial charge in [-0.1, -0.05) is 0 Å². The molecule has 1 N–H and O–H groups in total. The van der Waals surface area contributed by atoms with E-state index >= 15 is 0 Å². The van der Waals surface area contributed by atoms with Crippen molar-refractivity contribution >= 4 is 29.9 Å². The standard InChI is InChI=1S/C19H26FN5.HI/c1-22-19(23-12-17-10-15(11-21)4-5-18(17)20)25-9-6-16(14-25)13-24-7-2-3-8-24;/h4-5,10,16H,2-3,6-9,12-14H2,1H3,(H,22,23);1H. The molecule has 142 valence electrons. The van der Waals surface area contributed by atoms with Gasteiger partial charge in [-0.2, -0.15) is 5.26 Å². The van der Waals surface area contributed by atoms with Gasteiger partial charge in [0.25, 0.3) is 0 Å². The lowest BCUT2D eigenvalue weighted by atomic mass is 10.1. The lowest BCUT2D eigenvalue weighted by molar-refractivity contribution is 0.281. The summed E-state index contributed by atoms with van der Waals surface area (Å²) in [5.41, 5.74) is 0.966. The normalized spacial score (nSPS) is 20.7. The van der Waals surface area contributed by atoms with Crippen molar-refractivity contribution in [2.75, 3.05) is 39.8 Å². The first-order valence-electron chi connectivity index (χ1n) is 9.06. The van der Waals surface area contributed by atoms with Crippen LogP contribution in [0.1, 0.15) is 30.4 Å². The number of halogens is 2. The van der Waals surface area contributed by atoms with Crippen LogP contribution in [0.25, 0.3) is 0 Å². The van der Waals surface area contributed by atoms with Crippen LogP contribution in [-0.4, -0.2) is 55.5 Å². The Hall–Kier alpha value is -1.40. The van der Waals surface area contributed by atoms with Gasteiger partial charge in [0.05, 0.1) is 11.6 Å². The Morgan fingerprint density at radius 3 is 2.81 bits per heavy atom. The molecule has 5 nitrogen and oxygen atoms in total. The highest BCUT2D eigenvalue weighted by Gasteiger charge is 2.27. The lowest BCUT2D eigenvalue weighted by Gasteiger charge is -2.23. The predicted molar refractivity (Wildman–Crippen MR) is 112 cm³/mol. The molecule has 0 amide bonds. The number of hydrogen-bond acceptors (Lipinski definition) is 3.